The maximum Gasteiger partial charge on any atom is 0.355 e. The van der Waals surface area contributed by atoms with E-state index in [9.17, 15) is 14.4 Å². The molecular formula is C13H10ClN3O4. The molecule has 0 saturated carbocycles. The van der Waals surface area contributed by atoms with Gasteiger partial charge in [0.2, 0.25) is 5.91 Å². The predicted molar refractivity (Wildman–Crippen MR) is 73.8 cm³/mol. The van der Waals surface area contributed by atoms with Crippen molar-refractivity contribution in [3.8, 4) is 0 Å². The van der Waals surface area contributed by atoms with Crippen LogP contribution < -0.4 is 10.3 Å². The second kappa shape index (κ2) is 4.85. The van der Waals surface area contributed by atoms with Crippen molar-refractivity contribution in [2.75, 3.05) is 12.0 Å². The minimum atomic E-state index is -0.958. The van der Waals surface area contributed by atoms with E-state index in [0.717, 1.165) is 4.90 Å². The zero-order valence-corrected chi connectivity index (χ0v) is 11.6. The molecule has 1 saturated heterocycles. The molecule has 2 amide bonds. The molecule has 7 nitrogen and oxygen atoms in total. The minimum Gasteiger partial charge on any atom is -0.464 e. The van der Waals surface area contributed by atoms with Crippen molar-refractivity contribution >= 4 is 40.8 Å². The molecule has 0 spiro atoms. The van der Waals surface area contributed by atoms with Gasteiger partial charge in [-0.25, -0.2) is 9.69 Å². The lowest BCUT2D eigenvalue weighted by atomic mass is 9.99. The zero-order valence-electron chi connectivity index (χ0n) is 10.9. The Morgan fingerprint density at radius 3 is 2.57 bits per heavy atom. The number of nitrogens with zero attached hydrogens (tertiary/aromatic N) is 2. The predicted octanol–water partition coefficient (Wildman–Crippen LogP) is 0.330. The summed E-state index contributed by atoms with van der Waals surface area (Å²) in [6.07, 6.45) is 0. The van der Waals surface area contributed by atoms with Crippen molar-refractivity contribution < 1.29 is 19.1 Å². The fourth-order valence-electron chi connectivity index (χ4n) is 2.41. The fourth-order valence-corrected chi connectivity index (χ4v) is 2.53. The summed E-state index contributed by atoms with van der Waals surface area (Å²) in [4.78, 5) is 37.4. The van der Waals surface area contributed by atoms with E-state index in [1.54, 1.807) is 24.3 Å². The molecule has 0 aliphatic carbocycles. The van der Waals surface area contributed by atoms with Crippen LogP contribution >= 0.6 is 11.6 Å². The number of imide groups is 1. The second-order valence-corrected chi connectivity index (χ2v) is 5.00. The van der Waals surface area contributed by atoms with Crippen molar-refractivity contribution in [1.82, 2.24) is 5.43 Å². The summed E-state index contributed by atoms with van der Waals surface area (Å²) in [6, 6.07) is 5.41. The van der Waals surface area contributed by atoms with Gasteiger partial charge in [0.05, 0.1) is 12.8 Å². The van der Waals surface area contributed by atoms with E-state index < -0.39 is 29.7 Å². The van der Waals surface area contributed by atoms with Gasteiger partial charge < -0.3 is 4.74 Å². The van der Waals surface area contributed by atoms with E-state index in [-0.39, 0.29) is 5.71 Å². The lowest BCUT2D eigenvalue weighted by Gasteiger charge is -2.15. The third kappa shape index (κ3) is 1.97. The summed E-state index contributed by atoms with van der Waals surface area (Å²) in [7, 11) is 1.19. The third-order valence-corrected chi connectivity index (χ3v) is 3.66. The zero-order chi connectivity index (χ0) is 15.1. The number of benzene rings is 1. The molecule has 0 bridgehead atoms. The van der Waals surface area contributed by atoms with Crippen LogP contribution in [0.3, 0.4) is 0 Å². The van der Waals surface area contributed by atoms with Crippen molar-refractivity contribution in [2.45, 2.75) is 6.04 Å². The average Bonchev–Trinajstić information content (AvgIpc) is 3.01. The molecule has 3 rings (SSSR count). The topological polar surface area (TPSA) is 88.1 Å². The Hall–Kier alpha value is -2.41. The van der Waals surface area contributed by atoms with E-state index in [1.807, 2.05) is 0 Å². The highest BCUT2D eigenvalue weighted by molar-refractivity contribution is 6.46. The molecule has 2 heterocycles. The average molecular weight is 308 g/mol. The van der Waals surface area contributed by atoms with Crippen molar-refractivity contribution in [1.29, 1.82) is 0 Å². The normalized spacial score (nSPS) is 23.7. The molecule has 8 heteroatoms. The molecule has 0 unspecified atom stereocenters. The first-order valence-corrected chi connectivity index (χ1v) is 6.47. The van der Waals surface area contributed by atoms with Gasteiger partial charge in [-0.3, -0.25) is 15.0 Å². The van der Waals surface area contributed by atoms with Crippen molar-refractivity contribution in [3.63, 3.8) is 0 Å². The number of methoxy groups -OCH3 is 1. The molecule has 2 atom stereocenters. The highest BCUT2D eigenvalue weighted by atomic mass is 35.5. The van der Waals surface area contributed by atoms with E-state index in [1.165, 1.54) is 7.11 Å². The van der Waals surface area contributed by atoms with Gasteiger partial charge >= 0.3 is 5.97 Å². The number of amides is 2. The molecule has 1 aromatic carbocycles. The first kappa shape index (κ1) is 13.6. The molecule has 108 valence electrons. The standard InChI is InChI=1S/C13H10ClN3O4/c1-21-13(20)10-8-9(15-16-10)12(19)17(11(8)18)7-4-2-6(14)3-5-7/h2-5,8-9,15H,1H3/t8-,9-/m0/s1. The Morgan fingerprint density at radius 2 is 1.95 bits per heavy atom. The lowest BCUT2D eigenvalue weighted by Crippen LogP contribution is -2.36. The summed E-state index contributed by atoms with van der Waals surface area (Å²) in [5, 5.41) is 4.23. The fraction of sp³-hybridized carbons (Fsp3) is 0.231. The monoisotopic (exact) mass is 307 g/mol. The number of hydrazone groups is 1. The molecular weight excluding hydrogens is 298 g/mol. The van der Waals surface area contributed by atoms with Crippen molar-refractivity contribution in [2.24, 2.45) is 11.0 Å². The largest absolute Gasteiger partial charge is 0.464 e. The van der Waals surface area contributed by atoms with Gasteiger partial charge in [-0.05, 0) is 24.3 Å². The van der Waals surface area contributed by atoms with Crippen LogP contribution in [0.15, 0.2) is 29.4 Å². The lowest BCUT2D eigenvalue weighted by molar-refractivity contribution is -0.133. The molecule has 1 N–H and O–H groups in total. The Kier molecular flexibility index (Phi) is 3.13. The quantitative estimate of drug-likeness (QED) is 0.628. The van der Waals surface area contributed by atoms with Gasteiger partial charge in [0.15, 0.2) is 5.71 Å². The van der Waals surface area contributed by atoms with E-state index in [2.05, 4.69) is 15.3 Å². The number of fused-ring (bicyclic) bond motifs is 1. The second-order valence-electron chi connectivity index (χ2n) is 4.56. The Balaban J connectivity index is 1.95. The number of halogens is 1. The molecule has 0 aromatic heterocycles. The smallest absolute Gasteiger partial charge is 0.355 e. The van der Waals surface area contributed by atoms with Crippen LogP contribution in [0.1, 0.15) is 0 Å². The number of nitrogens with one attached hydrogen (secondary N) is 1. The van der Waals surface area contributed by atoms with Crippen LogP contribution in [0.2, 0.25) is 5.02 Å². The van der Waals surface area contributed by atoms with Gasteiger partial charge in [0.1, 0.15) is 12.0 Å². The van der Waals surface area contributed by atoms with Crippen LogP contribution in [0.4, 0.5) is 5.69 Å². The van der Waals surface area contributed by atoms with Crippen LogP contribution in [0.5, 0.6) is 0 Å². The summed E-state index contributed by atoms with van der Waals surface area (Å²) < 4.78 is 4.57. The molecule has 1 fully saturated rings. The Morgan fingerprint density at radius 1 is 1.29 bits per heavy atom. The highest BCUT2D eigenvalue weighted by Gasteiger charge is 2.55. The van der Waals surface area contributed by atoms with E-state index >= 15 is 0 Å². The number of carbonyl (C=O) groups excluding carboxylic acids is 3. The van der Waals surface area contributed by atoms with Crippen LogP contribution in [0.25, 0.3) is 0 Å². The first-order valence-electron chi connectivity index (χ1n) is 6.09. The van der Waals surface area contributed by atoms with Gasteiger partial charge in [-0.2, -0.15) is 5.10 Å². The molecule has 2 aliphatic rings. The SMILES string of the molecule is COC(=O)C1=NN[C@@H]2C(=O)N(c3ccc(Cl)cc3)C(=O)[C@H]12. The maximum absolute atomic E-state index is 12.5. The first-order chi connectivity index (χ1) is 10.0. The van der Waals surface area contributed by atoms with Gasteiger partial charge in [0.25, 0.3) is 5.91 Å². The van der Waals surface area contributed by atoms with E-state index in [4.69, 9.17) is 11.6 Å². The van der Waals surface area contributed by atoms with Crippen LogP contribution in [0, 0.1) is 5.92 Å². The van der Waals surface area contributed by atoms with E-state index in [0.29, 0.717) is 10.7 Å². The number of hydrogen-bond acceptors (Lipinski definition) is 6. The number of ether oxygens (including phenoxy) is 1. The molecule has 0 radical (unpaired) electrons. The summed E-state index contributed by atoms with van der Waals surface area (Å²) >= 11 is 5.79. The highest BCUT2D eigenvalue weighted by Crippen LogP contribution is 2.31. The number of anilines is 1. The van der Waals surface area contributed by atoms with Gasteiger partial charge in [0, 0.05) is 5.02 Å². The summed E-state index contributed by atoms with van der Waals surface area (Å²) in [5.41, 5.74) is 2.84. The summed E-state index contributed by atoms with van der Waals surface area (Å²) in [5.74, 6) is -2.66. The Labute approximate surface area is 124 Å². The number of hydrogen-bond donors (Lipinski definition) is 1. The van der Waals surface area contributed by atoms with Gasteiger partial charge in [-0.1, -0.05) is 11.6 Å². The van der Waals surface area contributed by atoms with Crippen LogP contribution in [-0.2, 0) is 19.1 Å². The third-order valence-electron chi connectivity index (χ3n) is 3.40. The van der Waals surface area contributed by atoms with Crippen molar-refractivity contribution in [3.05, 3.63) is 29.3 Å². The number of carbonyl (C=O) groups is 3. The number of rotatable bonds is 2. The molecule has 21 heavy (non-hydrogen) atoms. The maximum atomic E-state index is 12.5. The van der Waals surface area contributed by atoms with Gasteiger partial charge in [-0.15, -0.1) is 0 Å². The summed E-state index contributed by atoms with van der Waals surface area (Å²) in [6.45, 7) is 0. The Bertz CT molecular complexity index is 670. The minimum absolute atomic E-state index is 0.0858. The molecule has 1 aromatic rings. The molecule has 2 aliphatic heterocycles. The van der Waals surface area contributed by atoms with Crippen LogP contribution in [-0.4, -0.2) is 36.6 Å². The number of esters is 1.